The number of nitrogens with two attached hydrogens (primary N) is 2. The van der Waals surface area contributed by atoms with Crippen molar-refractivity contribution in [3.63, 3.8) is 0 Å². The Balaban J connectivity index is 0.000000201. The molecule has 2 aliphatic rings. The van der Waals surface area contributed by atoms with Gasteiger partial charge in [0.25, 0.3) is 0 Å². The molecule has 0 spiro atoms. The molecule has 51 heavy (non-hydrogen) atoms. The molecule has 2 saturated heterocycles. The molecule has 0 saturated carbocycles. The average Bonchev–Trinajstić information content (AvgIpc) is 3.13. The van der Waals surface area contributed by atoms with Crippen LogP contribution in [0.4, 0.5) is 32.1 Å². The second kappa shape index (κ2) is 16.8. The highest BCUT2D eigenvalue weighted by molar-refractivity contribution is 7.89. The lowest BCUT2D eigenvalue weighted by Crippen LogP contribution is -2.43. The lowest BCUT2D eigenvalue weighted by molar-refractivity contribution is 0.102. The molecule has 0 aliphatic carbocycles. The van der Waals surface area contributed by atoms with Gasteiger partial charge in [-0.15, -0.1) is 0 Å². The van der Waals surface area contributed by atoms with Gasteiger partial charge < -0.3 is 27.4 Å². The van der Waals surface area contributed by atoms with Gasteiger partial charge in [-0.25, -0.2) is 31.5 Å². The summed E-state index contributed by atoms with van der Waals surface area (Å²) >= 11 is 0. The molecule has 4 aromatic rings. The molecule has 0 bridgehead atoms. The van der Waals surface area contributed by atoms with E-state index in [1.54, 1.807) is 43.3 Å². The second-order valence-corrected chi connectivity index (χ2v) is 14.5. The summed E-state index contributed by atoms with van der Waals surface area (Å²) in [5.41, 5.74) is 12.1. The Hall–Kier alpha value is -4.99. The molecule has 0 radical (unpaired) electrons. The second-order valence-electron chi connectivity index (χ2n) is 12.3. The zero-order valence-corrected chi connectivity index (χ0v) is 29.1. The number of nitrogen functional groups attached to an aromatic ring is 2. The average molecular weight is 721 g/mol. The van der Waals surface area contributed by atoms with Crippen molar-refractivity contribution >= 4 is 44.9 Å². The highest BCUT2D eigenvalue weighted by Crippen LogP contribution is 2.23. The van der Waals surface area contributed by atoms with Crippen molar-refractivity contribution in [2.24, 2.45) is 0 Å². The van der Waals surface area contributed by atoms with Gasteiger partial charge in [0.15, 0.2) is 11.6 Å². The Kier molecular flexibility index (Phi) is 12.3. The summed E-state index contributed by atoms with van der Waals surface area (Å²) in [6.07, 6.45) is 3.32. The number of carbonyl (C=O) groups is 2. The first-order valence-corrected chi connectivity index (χ1v) is 18.4. The summed E-state index contributed by atoms with van der Waals surface area (Å²) in [7, 11) is -3.17. The standard InChI is InChI=1S/C19H23FN4O3S.C17H19FN4O/c1-2-28(26,27)24-11-9-13(10-12-24)22-17-8-7-15(19(21)23-17)18(25)14-5-3-4-6-16(14)20;18-14-4-2-1-3-12(14)16(23)13-5-6-15(22-17(13)19)21-11-7-9-20-10-8-11/h3-8,13H,2,9-12H2,1H3,(H3,21,22,23);1-6,11,20H,7-10H2,(H3,19,21,22). The fourth-order valence-corrected chi connectivity index (χ4v) is 7.05. The van der Waals surface area contributed by atoms with E-state index in [1.165, 1.54) is 40.7 Å². The number of carbonyl (C=O) groups excluding carboxylic acids is 2. The zero-order valence-electron chi connectivity index (χ0n) is 28.2. The van der Waals surface area contributed by atoms with Gasteiger partial charge in [-0.05, 0) is 94.2 Å². The van der Waals surface area contributed by atoms with Crippen molar-refractivity contribution in [3.05, 3.63) is 107 Å². The Bertz CT molecular complexity index is 1970. The molecular weight excluding hydrogens is 679 g/mol. The van der Waals surface area contributed by atoms with E-state index in [-0.39, 0.29) is 45.7 Å². The van der Waals surface area contributed by atoms with Gasteiger partial charge in [0.2, 0.25) is 10.0 Å². The number of piperidine rings is 2. The number of nitrogens with zero attached hydrogens (tertiary/aromatic N) is 3. The Morgan fingerprint density at radius 2 is 1.16 bits per heavy atom. The van der Waals surface area contributed by atoms with Crippen molar-refractivity contribution in [1.29, 1.82) is 0 Å². The van der Waals surface area contributed by atoms with E-state index in [2.05, 4.69) is 25.9 Å². The quantitative estimate of drug-likeness (QED) is 0.146. The largest absolute Gasteiger partial charge is 0.383 e. The highest BCUT2D eigenvalue weighted by atomic mass is 32.2. The van der Waals surface area contributed by atoms with Crippen LogP contribution in [0.5, 0.6) is 0 Å². The normalized spacial score (nSPS) is 15.7. The Morgan fingerprint density at radius 3 is 1.57 bits per heavy atom. The molecule has 2 fully saturated rings. The number of pyridine rings is 2. The number of nitrogens with one attached hydrogen (secondary N) is 3. The van der Waals surface area contributed by atoms with E-state index in [0.717, 1.165) is 25.9 Å². The molecule has 6 rings (SSSR count). The van der Waals surface area contributed by atoms with Crippen molar-refractivity contribution in [2.75, 3.05) is 54.0 Å². The maximum Gasteiger partial charge on any atom is 0.213 e. The minimum absolute atomic E-state index is 0.0000593. The number of hydrogen-bond donors (Lipinski definition) is 5. The molecule has 12 nitrogen and oxygen atoms in total. The zero-order chi connectivity index (χ0) is 36.5. The molecule has 2 aromatic carbocycles. The number of anilines is 4. The molecule has 2 aliphatic heterocycles. The lowest BCUT2D eigenvalue weighted by Gasteiger charge is -2.31. The maximum atomic E-state index is 13.8. The predicted molar refractivity (Wildman–Crippen MR) is 194 cm³/mol. The lowest BCUT2D eigenvalue weighted by atomic mass is 10.0. The van der Waals surface area contributed by atoms with Crippen LogP contribution in [0.15, 0.2) is 72.8 Å². The SMILES string of the molecule is CCS(=O)(=O)N1CCC(Nc2ccc(C(=O)c3ccccc3F)c(N)n2)CC1.Nc1nc(NC2CCNCC2)ccc1C(=O)c1ccccc1F. The van der Waals surface area contributed by atoms with Crippen molar-refractivity contribution in [3.8, 4) is 0 Å². The van der Waals surface area contributed by atoms with Crippen LogP contribution >= 0.6 is 0 Å². The van der Waals surface area contributed by atoms with Crippen LogP contribution in [0.2, 0.25) is 0 Å². The smallest absolute Gasteiger partial charge is 0.213 e. The van der Waals surface area contributed by atoms with Gasteiger partial charge in [-0.3, -0.25) is 9.59 Å². The summed E-state index contributed by atoms with van der Waals surface area (Å²) < 4.78 is 52.9. The number of halogens is 2. The first-order valence-electron chi connectivity index (χ1n) is 16.8. The minimum atomic E-state index is -3.17. The van der Waals surface area contributed by atoms with E-state index in [4.69, 9.17) is 11.5 Å². The van der Waals surface area contributed by atoms with E-state index in [0.29, 0.717) is 43.6 Å². The van der Waals surface area contributed by atoms with Gasteiger partial charge in [0.05, 0.1) is 28.0 Å². The van der Waals surface area contributed by atoms with Gasteiger partial charge in [0, 0.05) is 25.2 Å². The molecule has 0 amide bonds. The van der Waals surface area contributed by atoms with Crippen LogP contribution in [-0.2, 0) is 10.0 Å². The number of rotatable bonds is 10. The van der Waals surface area contributed by atoms with Crippen LogP contribution in [0, 0.1) is 11.6 Å². The fraction of sp³-hybridized carbons (Fsp3) is 0.333. The van der Waals surface area contributed by atoms with Gasteiger partial charge >= 0.3 is 0 Å². The Morgan fingerprint density at radius 1 is 0.725 bits per heavy atom. The summed E-state index contributed by atoms with van der Waals surface area (Å²) in [5.74, 6) is -0.785. The number of sulfonamides is 1. The maximum absolute atomic E-state index is 13.8. The summed E-state index contributed by atoms with van der Waals surface area (Å²) in [6.45, 7) is 4.48. The monoisotopic (exact) mass is 720 g/mol. The third kappa shape index (κ3) is 9.42. The van der Waals surface area contributed by atoms with Gasteiger partial charge in [-0.2, -0.15) is 0 Å². The first kappa shape index (κ1) is 37.3. The van der Waals surface area contributed by atoms with Crippen LogP contribution in [0.25, 0.3) is 0 Å². The van der Waals surface area contributed by atoms with Crippen LogP contribution in [-0.4, -0.2) is 78.3 Å². The van der Waals surface area contributed by atoms with Crippen molar-refractivity contribution in [2.45, 2.75) is 44.7 Å². The molecule has 0 atom stereocenters. The Labute approximate surface area is 296 Å². The first-order chi connectivity index (χ1) is 24.5. The third-order valence-corrected chi connectivity index (χ3v) is 10.7. The topological polar surface area (TPSA) is 185 Å². The third-order valence-electron chi connectivity index (χ3n) is 8.83. The number of hydrogen-bond acceptors (Lipinski definition) is 11. The molecule has 7 N–H and O–H groups in total. The summed E-state index contributed by atoms with van der Waals surface area (Å²) in [6, 6.07) is 18.4. The van der Waals surface area contributed by atoms with Gasteiger partial charge in [0.1, 0.15) is 34.9 Å². The predicted octanol–water partition coefficient (Wildman–Crippen LogP) is 4.46. The molecule has 0 unspecified atom stereocenters. The molecular formula is C36H42F2N8O4S. The summed E-state index contributed by atoms with van der Waals surface area (Å²) in [5, 5.41) is 9.85. The number of ketones is 2. The van der Waals surface area contributed by atoms with Crippen LogP contribution < -0.4 is 27.4 Å². The van der Waals surface area contributed by atoms with Crippen molar-refractivity contribution in [1.82, 2.24) is 19.6 Å². The van der Waals surface area contributed by atoms with Crippen LogP contribution in [0.3, 0.4) is 0 Å². The van der Waals surface area contributed by atoms with Gasteiger partial charge in [-0.1, -0.05) is 24.3 Å². The van der Waals surface area contributed by atoms with E-state index < -0.39 is 33.2 Å². The molecule has 15 heteroatoms. The summed E-state index contributed by atoms with van der Waals surface area (Å²) in [4.78, 5) is 33.4. The fourth-order valence-electron chi connectivity index (χ4n) is 5.92. The van der Waals surface area contributed by atoms with E-state index in [1.807, 2.05) is 0 Å². The van der Waals surface area contributed by atoms with E-state index in [9.17, 15) is 26.8 Å². The van der Waals surface area contributed by atoms with Crippen LogP contribution in [0.1, 0.15) is 64.4 Å². The molecule has 4 heterocycles. The van der Waals surface area contributed by atoms with E-state index >= 15 is 0 Å². The minimum Gasteiger partial charge on any atom is -0.383 e. The molecule has 270 valence electrons. The van der Waals surface area contributed by atoms with Crippen molar-refractivity contribution < 1.29 is 26.8 Å². The molecule has 2 aromatic heterocycles. The number of benzene rings is 2. The number of aromatic nitrogens is 2. The highest BCUT2D eigenvalue weighted by Gasteiger charge is 2.27.